The van der Waals surface area contributed by atoms with Gasteiger partial charge < -0.3 is 4.90 Å². The number of carbonyl (C=O) groups is 1. The van der Waals surface area contributed by atoms with Gasteiger partial charge in [-0.05, 0) is 49.7 Å². The van der Waals surface area contributed by atoms with Gasteiger partial charge in [0.25, 0.3) is 0 Å². The van der Waals surface area contributed by atoms with Gasteiger partial charge in [-0.2, -0.15) is 0 Å². The summed E-state index contributed by atoms with van der Waals surface area (Å²) in [5.41, 5.74) is 2.33. The fourth-order valence-corrected chi connectivity index (χ4v) is 4.44. The molecular weight excluding hydrogens is 344 g/mol. The molecule has 140 valence electrons. The Labute approximate surface area is 160 Å². The second kappa shape index (κ2) is 8.71. The van der Waals surface area contributed by atoms with Crippen molar-refractivity contribution in [3.63, 3.8) is 0 Å². The van der Waals surface area contributed by atoms with E-state index in [9.17, 15) is 4.79 Å². The molecule has 5 nitrogen and oxygen atoms in total. The largest absolute Gasteiger partial charge is 0.342 e. The minimum absolute atomic E-state index is 0.174. The van der Waals surface area contributed by atoms with Crippen LogP contribution < -0.4 is 0 Å². The van der Waals surface area contributed by atoms with E-state index in [1.165, 1.54) is 30.2 Å². The highest BCUT2D eigenvalue weighted by Gasteiger charge is 2.25. The summed E-state index contributed by atoms with van der Waals surface area (Å²) in [6.45, 7) is 4.44. The second-order valence-electron chi connectivity index (χ2n) is 7.17. The first-order valence-electron chi connectivity index (χ1n) is 9.47. The first-order chi connectivity index (χ1) is 12.6. The van der Waals surface area contributed by atoms with Gasteiger partial charge in [0.1, 0.15) is 6.33 Å². The maximum absolute atomic E-state index is 12.6. The van der Waals surface area contributed by atoms with Crippen LogP contribution in [0.3, 0.4) is 0 Å². The molecular formula is C20H28N4OS. The SMILES string of the molecule is CCc1ccccc1-n1cnnc1SCC(=O)N(C)C1CCC(C)CC1. The van der Waals surface area contributed by atoms with Crippen LogP contribution in [0.15, 0.2) is 35.7 Å². The van der Waals surface area contributed by atoms with Crippen molar-refractivity contribution in [2.24, 2.45) is 5.92 Å². The molecule has 0 radical (unpaired) electrons. The van der Waals surface area contributed by atoms with Crippen molar-refractivity contribution in [1.29, 1.82) is 0 Å². The molecule has 0 atom stereocenters. The minimum atomic E-state index is 0.174. The van der Waals surface area contributed by atoms with E-state index in [0.29, 0.717) is 11.8 Å². The number of rotatable bonds is 6. The fraction of sp³-hybridized carbons (Fsp3) is 0.550. The lowest BCUT2D eigenvalue weighted by Gasteiger charge is -2.33. The summed E-state index contributed by atoms with van der Waals surface area (Å²) >= 11 is 1.47. The van der Waals surface area contributed by atoms with E-state index in [2.05, 4.69) is 36.2 Å². The van der Waals surface area contributed by atoms with Crippen molar-refractivity contribution in [2.45, 2.75) is 57.1 Å². The average molecular weight is 373 g/mol. The summed E-state index contributed by atoms with van der Waals surface area (Å²) < 4.78 is 1.99. The number of thioether (sulfide) groups is 1. The standard InChI is InChI=1S/C20H28N4OS/c1-4-16-7-5-6-8-18(16)24-14-21-22-20(24)26-13-19(25)23(3)17-11-9-15(2)10-12-17/h5-8,14-15,17H,4,9-13H2,1-3H3. The van der Waals surface area contributed by atoms with Crippen LogP contribution in [0.25, 0.3) is 5.69 Å². The first-order valence-corrected chi connectivity index (χ1v) is 10.5. The Bertz CT molecular complexity index is 737. The lowest BCUT2D eigenvalue weighted by atomic mass is 9.87. The first kappa shape index (κ1) is 19.0. The van der Waals surface area contributed by atoms with Crippen molar-refractivity contribution in [2.75, 3.05) is 12.8 Å². The number of aryl methyl sites for hydroxylation is 1. The highest BCUT2D eigenvalue weighted by atomic mass is 32.2. The fourth-order valence-electron chi connectivity index (χ4n) is 3.59. The molecule has 2 aromatic rings. The number of nitrogens with zero attached hydrogens (tertiary/aromatic N) is 4. The number of hydrogen-bond donors (Lipinski definition) is 0. The number of para-hydroxylation sites is 1. The van der Waals surface area contributed by atoms with Crippen LogP contribution in [-0.2, 0) is 11.2 Å². The van der Waals surface area contributed by atoms with Gasteiger partial charge in [0.15, 0.2) is 5.16 Å². The Balaban J connectivity index is 1.64. The van der Waals surface area contributed by atoms with E-state index in [-0.39, 0.29) is 5.91 Å². The molecule has 26 heavy (non-hydrogen) atoms. The summed E-state index contributed by atoms with van der Waals surface area (Å²) in [6.07, 6.45) is 7.35. The van der Waals surface area contributed by atoms with Gasteiger partial charge in [-0.1, -0.05) is 43.8 Å². The molecule has 1 saturated carbocycles. The van der Waals surface area contributed by atoms with Crippen molar-refractivity contribution in [3.8, 4) is 5.69 Å². The molecule has 6 heteroatoms. The van der Waals surface area contributed by atoms with E-state index in [1.807, 2.05) is 28.6 Å². The van der Waals surface area contributed by atoms with E-state index >= 15 is 0 Å². The van der Waals surface area contributed by atoms with Crippen LogP contribution in [0.1, 0.15) is 45.1 Å². The number of amides is 1. The molecule has 1 heterocycles. The quantitative estimate of drug-likeness (QED) is 0.720. The van der Waals surface area contributed by atoms with Crippen molar-refractivity contribution in [1.82, 2.24) is 19.7 Å². The molecule has 1 aliphatic carbocycles. The average Bonchev–Trinajstić information content (AvgIpc) is 3.14. The molecule has 1 amide bonds. The highest BCUT2D eigenvalue weighted by molar-refractivity contribution is 7.99. The molecule has 0 bridgehead atoms. The molecule has 0 spiro atoms. The number of hydrogen-bond acceptors (Lipinski definition) is 4. The summed E-state index contributed by atoms with van der Waals surface area (Å²) in [7, 11) is 1.95. The zero-order valence-corrected chi connectivity index (χ0v) is 16.7. The predicted octanol–water partition coefficient (Wildman–Crippen LogP) is 3.96. The third kappa shape index (κ3) is 4.29. The molecule has 0 aliphatic heterocycles. The number of aromatic nitrogens is 3. The van der Waals surface area contributed by atoms with Crippen LogP contribution in [0.5, 0.6) is 0 Å². The molecule has 1 aromatic heterocycles. The third-order valence-corrected chi connectivity index (χ3v) is 6.33. The van der Waals surface area contributed by atoms with Crippen molar-refractivity contribution in [3.05, 3.63) is 36.2 Å². The zero-order chi connectivity index (χ0) is 18.5. The molecule has 1 aliphatic rings. The smallest absolute Gasteiger partial charge is 0.233 e. The van der Waals surface area contributed by atoms with Crippen molar-refractivity contribution >= 4 is 17.7 Å². The van der Waals surface area contributed by atoms with E-state index in [0.717, 1.165) is 36.0 Å². The second-order valence-corrected chi connectivity index (χ2v) is 8.12. The maximum Gasteiger partial charge on any atom is 0.233 e. The number of carbonyl (C=O) groups excluding carboxylic acids is 1. The molecule has 3 rings (SSSR count). The van der Waals surface area contributed by atoms with Gasteiger partial charge in [0, 0.05) is 13.1 Å². The van der Waals surface area contributed by atoms with Gasteiger partial charge in [-0.25, -0.2) is 0 Å². The summed E-state index contributed by atoms with van der Waals surface area (Å²) in [5.74, 6) is 1.37. The summed E-state index contributed by atoms with van der Waals surface area (Å²) in [5, 5.41) is 9.06. The Morgan fingerprint density at radius 3 is 2.73 bits per heavy atom. The Kier molecular flexibility index (Phi) is 6.35. The van der Waals surface area contributed by atoms with Crippen LogP contribution in [0.2, 0.25) is 0 Å². The number of benzene rings is 1. The lowest BCUT2D eigenvalue weighted by molar-refractivity contribution is -0.129. The van der Waals surface area contributed by atoms with E-state index < -0.39 is 0 Å². The minimum Gasteiger partial charge on any atom is -0.342 e. The molecule has 0 saturated heterocycles. The molecule has 0 unspecified atom stereocenters. The van der Waals surface area contributed by atoms with Gasteiger partial charge in [0.2, 0.25) is 5.91 Å². The van der Waals surface area contributed by atoms with Gasteiger partial charge in [-0.3, -0.25) is 9.36 Å². The molecule has 1 aromatic carbocycles. The Morgan fingerprint density at radius 1 is 1.27 bits per heavy atom. The summed E-state index contributed by atoms with van der Waals surface area (Å²) in [4.78, 5) is 14.6. The topological polar surface area (TPSA) is 51.0 Å². The molecule has 1 fully saturated rings. The predicted molar refractivity (Wildman–Crippen MR) is 106 cm³/mol. The van der Waals surface area contributed by atoms with Crippen molar-refractivity contribution < 1.29 is 4.79 Å². The van der Waals surface area contributed by atoms with Gasteiger partial charge in [-0.15, -0.1) is 10.2 Å². The third-order valence-electron chi connectivity index (χ3n) is 5.40. The van der Waals surface area contributed by atoms with Crippen LogP contribution in [0.4, 0.5) is 0 Å². The Hall–Kier alpha value is -1.82. The maximum atomic E-state index is 12.6. The van der Waals surface area contributed by atoms with E-state index in [4.69, 9.17) is 0 Å². The zero-order valence-electron chi connectivity index (χ0n) is 15.9. The highest BCUT2D eigenvalue weighted by Crippen LogP contribution is 2.28. The van der Waals surface area contributed by atoms with Gasteiger partial charge in [0.05, 0.1) is 11.4 Å². The van der Waals surface area contributed by atoms with Crippen LogP contribution in [0, 0.1) is 5.92 Å². The molecule has 0 N–H and O–H groups in total. The Morgan fingerprint density at radius 2 is 2.00 bits per heavy atom. The van der Waals surface area contributed by atoms with Crippen LogP contribution in [-0.4, -0.2) is 44.4 Å². The van der Waals surface area contributed by atoms with E-state index in [1.54, 1.807) is 6.33 Å². The monoisotopic (exact) mass is 372 g/mol. The van der Waals surface area contributed by atoms with Crippen LogP contribution >= 0.6 is 11.8 Å². The lowest BCUT2D eigenvalue weighted by Crippen LogP contribution is -2.40. The normalized spacial score (nSPS) is 20.1. The summed E-state index contributed by atoms with van der Waals surface area (Å²) in [6, 6.07) is 8.64. The van der Waals surface area contributed by atoms with Gasteiger partial charge >= 0.3 is 0 Å².